The number of hydrogen-bond donors (Lipinski definition) is 1. The van der Waals surface area contributed by atoms with Gasteiger partial charge in [0.15, 0.2) is 0 Å². The number of nitrogens with one attached hydrogen (secondary N) is 1. The molecule has 0 aliphatic heterocycles. The van der Waals surface area contributed by atoms with E-state index < -0.39 is 0 Å². The third kappa shape index (κ3) is 3.42. The van der Waals surface area contributed by atoms with Gasteiger partial charge in [0.2, 0.25) is 0 Å². The molecule has 1 atom stereocenters. The smallest absolute Gasteiger partial charge is 0.267 e. The molecule has 0 heterocycles. The Morgan fingerprint density at radius 1 is 1.33 bits per heavy atom. The van der Waals surface area contributed by atoms with Gasteiger partial charge in [0.25, 0.3) is 5.91 Å². The lowest BCUT2D eigenvalue weighted by molar-refractivity contribution is 0.0954. The molecule has 0 bridgehead atoms. The van der Waals surface area contributed by atoms with E-state index >= 15 is 0 Å². The van der Waals surface area contributed by atoms with E-state index in [0.717, 1.165) is 24.1 Å². The Morgan fingerprint density at radius 2 is 2.06 bits per heavy atom. The van der Waals surface area contributed by atoms with Crippen LogP contribution in [0, 0.1) is 12.8 Å². The van der Waals surface area contributed by atoms with Crippen LogP contribution in [0.15, 0.2) is 29.4 Å². The average molecular weight is 244 g/mol. The summed E-state index contributed by atoms with van der Waals surface area (Å²) in [6.07, 6.45) is 4.47. The van der Waals surface area contributed by atoms with Crippen molar-refractivity contribution in [3.05, 3.63) is 35.4 Å². The topological polar surface area (TPSA) is 41.5 Å². The molecule has 1 amide bonds. The standard InChI is InChI=1S/C15H20N2O/c1-11-6-8-13(9-7-11)15(18)17-16-14-5-3-4-12(2)10-14/h6-9,12H,3-5,10H2,1-2H3,(H,17,18)/b16-14-/t12-/m0/s1. The van der Waals surface area contributed by atoms with Crippen molar-refractivity contribution in [1.82, 2.24) is 5.43 Å². The number of hydrazone groups is 1. The molecule has 18 heavy (non-hydrogen) atoms. The van der Waals surface area contributed by atoms with E-state index in [4.69, 9.17) is 0 Å². The second kappa shape index (κ2) is 5.80. The second-order valence-electron chi connectivity index (χ2n) is 5.19. The highest BCUT2D eigenvalue weighted by molar-refractivity contribution is 5.95. The zero-order chi connectivity index (χ0) is 13.0. The molecule has 96 valence electrons. The lowest BCUT2D eigenvalue weighted by Gasteiger charge is -2.18. The Labute approximate surface area is 108 Å². The summed E-state index contributed by atoms with van der Waals surface area (Å²) in [6.45, 7) is 4.24. The monoisotopic (exact) mass is 244 g/mol. The minimum absolute atomic E-state index is 0.124. The molecule has 1 aliphatic rings. The molecule has 0 unspecified atom stereocenters. The lowest BCUT2D eigenvalue weighted by Crippen LogP contribution is -2.22. The molecule has 0 aromatic heterocycles. The number of aryl methyl sites for hydroxylation is 1. The van der Waals surface area contributed by atoms with Crippen LogP contribution in [0.25, 0.3) is 0 Å². The van der Waals surface area contributed by atoms with Crippen LogP contribution in [0.5, 0.6) is 0 Å². The highest BCUT2D eigenvalue weighted by Gasteiger charge is 2.14. The first kappa shape index (κ1) is 12.8. The van der Waals surface area contributed by atoms with E-state index in [1.807, 2.05) is 31.2 Å². The average Bonchev–Trinajstić information content (AvgIpc) is 2.37. The van der Waals surface area contributed by atoms with Crippen molar-refractivity contribution in [3.63, 3.8) is 0 Å². The van der Waals surface area contributed by atoms with Crippen molar-refractivity contribution < 1.29 is 4.79 Å². The SMILES string of the molecule is Cc1ccc(C(=O)N/N=C2/CCC[C@H](C)C2)cc1. The third-order valence-corrected chi connectivity index (χ3v) is 3.38. The van der Waals surface area contributed by atoms with Crippen LogP contribution in [0.3, 0.4) is 0 Å². The van der Waals surface area contributed by atoms with Gasteiger partial charge in [0, 0.05) is 11.3 Å². The number of carbonyl (C=O) groups excluding carboxylic acids is 1. The first-order chi connectivity index (χ1) is 8.65. The minimum atomic E-state index is -0.124. The van der Waals surface area contributed by atoms with Gasteiger partial charge in [-0.25, -0.2) is 5.43 Å². The molecule has 1 aromatic rings. The normalized spacial score (nSPS) is 21.9. The summed E-state index contributed by atoms with van der Waals surface area (Å²) in [4.78, 5) is 11.9. The number of hydrogen-bond acceptors (Lipinski definition) is 2. The molecular weight excluding hydrogens is 224 g/mol. The molecule has 3 nitrogen and oxygen atoms in total. The van der Waals surface area contributed by atoms with Gasteiger partial charge in [-0.1, -0.05) is 24.6 Å². The summed E-state index contributed by atoms with van der Waals surface area (Å²) < 4.78 is 0. The van der Waals surface area contributed by atoms with Crippen LogP contribution >= 0.6 is 0 Å². The van der Waals surface area contributed by atoms with E-state index in [1.54, 1.807) is 0 Å². The molecule has 0 radical (unpaired) electrons. The lowest BCUT2D eigenvalue weighted by atomic mass is 9.89. The predicted octanol–water partition coefficient (Wildman–Crippen LogP) is 3.29. The number of nitrogens with zero attached hydrogens (tertiary/aromatic N) is 1. The van der Waals surface area contributed by atoms with Gasteiger partial charge in [0.05, 0.1) is 0 Å². The summed E-state index contributed by atoms with van der Waals surface area (Å²) in [7, 11) is 0. The Hall–Kier alpha value is -1.64. The molecule has 1 aromatic carbocycles. The fourth-order valence-electron chi connectivity index (χ4n) is 2.26. The third-order valence-electron chi connectivity index (χ3n) is 3.38. The van der Waals surface area contributed by atoms with Crippen molar-refractivity contribution in [1.29, 1.82) is 0 Å². The van der Waals surface area contributed by atoms with E-state index in [2.05, 4.69) is 17.5 Å². The van der Waals surface area contributed by atoms with Crippen LogP contribution in [0.1, 0.15) is 48.5 Å². The highest BCUT2D eigenvalue weighted by Crippen LogP contribution is 2.20. The number of benzene rings is 1. The maximum absolute atomic E-state index is 11.9. The van der Waals surface area contributed by atoms with E-state index in [-0.39, 0.29) is 5.91 Å². The summed E-state index contributed by atoms with van der Waals surface area (Å²) in [5.74, 6) is 0.564. The Morgan fingerprint density at radius 3 is 2.72 bits per heavy atom. The van der Waals surface area contributed by atoms with Gasteiger partial charge in [-0.2, -0.15) is 5.10 Å². The number of amides is 1. The number of carbonyl (C=O) groups is 1. The molecule has 1 aliphatic carbocycles. The van der Waals surface area contributed by atoms with Crippen molar-refractivity contribution in [2.75, 3.05) is 0 Å². The van der Waals surface area contributed by atoms with Gasteiger partial charge in [-0.05, 0) is 50.7 Å². The van der Waals surface area contributed by atoms with E-state index in [1.165, 1.54) is 12.8 Å². The second-order valence-corrected chi connectivity index (χ2v) is 5.19. The predicted molar refractivity (Wildman–Crippen MR) is 73.7 cm³/mol. The fraction of sp³-hybridized carbons (Fsp3) is 0.467. The quantitative estimate of drug-likeness (QED) is 0.797. The van der Waals surface area contributed by atoms with Crippen LogP contribution < -0.4 is 5.43 Å². The molecule has 1 N–H and O–H groups in total. The first-order valence-corrected chi connectivity index (χ1v) is 6.57. The van der Waals surface area contributed by atoms with Gasteiger partial charge in [0.1, 0.15) is 0 Å². The van der Waals surface area contributed by atoms with Gasteiger partial charge >= 0.3 is 0 Å². The van der Waals surface area contributed by atoms with E-state index in [9.17, 15) is 4.79 Å². The van der Waals surface area contributed by atoms with Gasteiger partial charge < -0.3 is 0 Å². The fourth-order valence-corrected chi connectivity index (χ4v) is 2.26. The molecule has 0 saturated heterocycles. The Kier molecular flexibility index (Phi) is 4.13. The summed E-state index contributed by atoms with van der Waals surface area (Å²) in [5, 5.41) is 4.25. The molecule has 1 fully saturated rings. The molecule has 0 spiro atoms. The zero-order valence-corrected chi connectivity index (χ0v) is 11.1. The van der Waals surface area contributed by atoms with Crippen molar-refractivity contribution in [2.45, 2.75) is 39.5 Å². The summed E-state index contributed by atoms with van der Waals surface area (Å²) >= 11 is 0. The Bertz CT molecular complexity index is 448. The highest BCUT2D eigenvalue weighted by atomic mass is 16.2. The molecular formula is C15H20N2O. The maximum atomic E-state index is 11.9. The van der Waals surface area contributed by atoms with Crippen LogP contribution in [-0.2, 0) is 0 Å². The van der Waals surface area contributed by atoms with Crippen LogP contribution in [-0.4, -0.2) is 11.6 Å². The molecule has 1 saturated carbocycles. The molecule has 3 heteroatoms. The summed E-state index contributed by atoms with van der Waals surface area (Å²) in [5.41, 5.74) is 5.59. The van der Waals surface area contributed by atoms with E-state index in [0.29, 0.717) is 11.5 Å². The number of rotatable bonds is 2. The minimum Gasteiger partial charge on any atom is -0.267 e. The van der Waals surface area contributed by atoms with Crippen LogP contribution in [0.2, 0.25) is 0 Å². The van der Waals surface area contributed by atoms with Gasteiger partial charge in [-0.3, -0.25) is 4.79 Å². The van der Waals surface area contributed by atoms with Crippen molar-refractivity contribution in [2.24, 2.45) is 11.0 Å². The zero-order valence-electron chi connectivity index (χ0n) is 11.1. The van der Waals surface area contributed by atoms with Crippen molar-refractivity contribution in [3.8, 4) is 0 Å². The first-order valence-electron chi connectivity index (χ1n) is 6.57. The maximum Gasteiger partial charge on any atom is 0.271 e. The van der Waals surface area contributed by atoms with Crippen LogP contribution in [0.4, 0.5) is 0 Å². The Balaban J connectivity index is 1.95. The van der Waals surface area contributed by atoms with Crippen molar-refractivity contribution >= 4 is 11.6 Å². The van der Waals surface area contributed by atoms with Gasteiger partial charge in [-0.15, -0.1) is 0 Å². The summed E-state index contributed by atoms with van der Waals surface area (Å²) in [6, 6.07) is 7.53. The largest absolute Gasteiger partial charge is 0.271 e. The molecule has 2 rings (SSSR count).